The summed E-state index contributed by atoms with van der Waals surface area (Å²) in [5.41, 5.74) is -2.16. The molecular formula is C12H14F3N5. The normalized spacial score (nSPS) is 27.4. The minimum Gasteiger partial charge on any atom is -0.313 e. The number of halogens is 3. The number of alkyl halides is 3. The standard InChI is InChI=1S/C12H14F3N5/c1-7-2-3-16-5-12(7,15)9-4-8(10(13)14)19-11-17-6-18-20(9)11/h4,6-7,10,16H,2-3,5H2,1H3/t7-,12+/m0/s1. The lowest BCUT2D eigenvalue weighted by Crippen LogP contribution is -2.47. The maximum absolute atomic E-state index is 15.3. The van der Waals surface area contributed by atoms with Gasteiger partial charge in [-0.05, 0) is 24.9 Å². The van der Waals surface area contributed by atoms with Crippen LogP contribution in [0.4, 0.5) is 13.2 Å². The molecule has 3 heterocycles. The molecule has 0 aromatic carbocycles. The first-order valence-corrected chi connectivity index (χ1v) is 6.41. The predicted octanol–water partition coefficient (Wildman–Crippen LogP) is 1.86. The summed E-state index contributed by atoms with van der Waals surface area (Å²) in [5.74, 6) is -0.309. The molecule has 0 saturated carbocycles. The van der Waals surface area contributed by atoms with E-state index in [1.165, 1.54) is 10.8 Å². The largest absolute Gasteiger partial charge is 0.313 e. The van der Waals surface area contributed by atoms with E-state index in [4.69, 9.17) is 0 Å². The Hall–Kier alpha value is -1.70. The van der Waals surface area contributed by atoms with Gasteiger partial charge in [0.25, 0.3) is 12.2 Å². The van der Waals surface area contributed by atoms with Gasteiger partial charge in [0.05, 0.1) is 5.69 Å². The first-order valence-electron chi connectivity index (χ1n) is 6.41. The lowest BCUT2D eigenvalue weighted by Gasteiger charge is -2.36. The molecule has 108 valence electrons. The van der Waals surface area contributed by atoms with Crippen molar-refractivity contribution in [2.45, 2.75) is 25.4 Å². The Balaban J connectivity index is 2.20. The quantitative estimate of drug-likeness (QED) is 0.915. The summed E-state index contributed by atoms with van der Waals surface area (Å²) in [5, 5.41) is 6.87. The average molecular weight is 285 g/mol. The van der Waals surface area contributed by atoms with Crippen LogP contribution in [-0.2, 0) is 5.67 Å². The fourth-order valence-electron chi connectivity index (χ4n) is 2.57. The molecule has 20 heavy (non-hydrogen) atoms. The van der Waals surface area contributed by atoms with E-state index in [9.17, 15) is 8.78 Å². The van der Waals surface area contributed by atoms with Gasteiger partial charge >= 0.3 is 0 Å². The third-order valence-electron chi connectivity index (χ3n) is 3.84. The van der Waals surface area contributed by atoms with Crippen LogP contribution in [0.3, 0.4) is 0 Å². The first kappa shape index (κ1) is 13.3. The van der Waals surface area contributed by atoms with Gasteiger partial charge in [0.1, 0.15) is 12.0 Å². The van der Waals surface area contributed by atoms with E-state index in [0.29, 0.717) is 13.0 Å². The highest BCUT2D eigenvalue weighted by Crippen LogP contribution is 2.38. The van der Waals surface area contributed by atoms with Crippen LogP contribution in [0, 0.1) is 5.92 Å². The Bertz CT molecular complexity index is 629. The number of aromatic nitrogens is 4. The van der Waals surface area contributed by atoms with E-state index < -0.39 is 17.8 Å². The summed E-state index contributed by atoms with van der Waals surface area (Å²) in [6.45, 7) is 2.54. The number of nitrogens with one attached hydrogen (secondary N) is 1. The molecule has 2 aromatic rings. The Labute approximate surface area is 113 Å². The minimum atomic E-state index is -2.77. The fourth-order valence-corrected chi connectivity index (χ4v) is 2.57. The third-order valence-corrected chi connectivity index (χ3v) is 3.84. The summed E-state index contributed by atoms with van der Waals surface area (Å²) in [6.07, 6.45) is -0.962. The second-order valence-corrected chi connectivity index (χ2v) is 5.07. The molecule has 1 N–H and O–H groups in total. The Kier molecular flexibility index (Phi) is 3.12. The average Bonchev–Trinajstić information content (AvgIpc) is 2.89. The topological polar surface area (TPSA) is 55.1 Å². The Morgan fingerprint density at radius 1 is 1.50 bits per heavy atom. The van der Waals surface area contributed by atoms with E-state index in [1.807, 2.05) is 0 Å². The molecule has 1 saturated heterocycles. The van der Waals surface area contributed by atoms with Crippen LogP contribution in [0.1, 0.15) is 31.2 Å². The zero-order valence-corrected chi connectivity index (χ0v) is 10.9. The van der Waals surface area contributed by atoms with Crippen molar-refractivity contribution in [3.05, 3.63) is 23.8 Å². The minimum absolute atomic E-state index is 0.00685. The highest BCUT2D eigenvalue weighted by Gasteiger charge is 2.43. The molecule has 0 aliphatic carbocycles. The van der Waals surface area contributed by atoms with Crippen molar-refractivity contribution in [2.24, 2.45) is 5.92 Å². The van der Waals surface area contributed by atoms with Gasteiger partial charge in [-0.1, -0.05) is 6.92 Å². The Morgan fingerprint density at radius 2 is 2.30 bits per heavy atom. The molecule has 8 heteroatoms. The van der Waals surface area contributed by atoms with Gasteiger partial charge in [0.15, 0.2) is 5.67 Å². The molecule has 0 unspecified atom stereocenters. The monoisotopic (exact) mass is 285 g/mol. The summed E-state index contributed by atoms with van der Waals surface area (Å²) in [6, 6.07) is 1.09. The van der Waals surface area contributed by atoms with Crippen molar-refractivity contribution >= 4 is 5.78 Å². The third kappa shape index (κ3) is 1.94. The van der Waals surface area contributed by atoms with E-state index in [2.05, 4.69) is 20.4 Å². The molecule has 1 aliphatic rings. The Morgan fingerprint density at radius 3 is 3.00 bits per heavy atom. The van der Waals surface area contributed by atoms with E-state index in [0.717, 1.165) is 6.07 Å². The summed E-state index contributed by atoms with van der Waals surface area (Å²) >= 11 is 0. The molecule has 1 aliphatic heterocycles. The summed E-state index contributed by atoms with van der Waals surface area (Å²) in [4.78, 5) is 7.49. The lowest BCUT2D eigenvalue weighted by atomic mass is 9.82. The molecule has 3 rings (SSSR count). The molecular weight excluding hydrogens is 271 g/mol. The molecule has 2 aromatic heterocycles. The number of piperidine rings is 1. The van der Waals surface area contributed by atoms with Crippen LogP contribution in [0.25, 0.3) is 5.78 Å². The highest BCUT2D eigenvalue weighted by molar-refractivity contribution is 5.34. The first-order chi connectivity index (χ1) is 9.52. The van der Waals surface area contributed by atoms with E-state index >= 15 is 4.39 Å². The van der Waals surface area contributed by atoms with E-state index in [-0.39, 0.29) is 23.9 Å². The summed E-state index contributed by atoms with van der Waals surface area (Å²) in [7, 11) is 0. The number of nitrogens with zero attached hydrogens (tertiary/aromatic N) is 4. The second-order valence-electron chi connectivity index (χ2n) is 5.07. The van der Waals surface area contributed by atoms with Gasteiger partial charge in [0.2, 0.25) is 0 Å². The lowest BCUT2D eigenvalue weighted by molar-refractivity contribution is 0.0518. The van der Waals surface area contributed by atoms with Crippen molar-refractivity contribution in [3.63, 3.8) is 0 Å². The molecule has 0 spiro atoms. The van der Waals surface area contributed by atoms with Crippen molar-refractivity contribution in [2.75, 3.05) is 13.1 Å². The number of fused-ring (bicyclic) bond motifs is 1. The molecule has 2 atom stereocenters. The maximum Gasteiger partial charge on any atom is 0.280 e. The predicted molar refractivity (Wildman–Crippen MR) is 65.2 cm³/mol. The van der Waals surface area contributed by atoms with Crippen molar-refractivity contribution in [3.8, 4) is 0 Å². The van der Waals surface area contributed by atoms with Gasteiger partial charge in [-0.3, -0.25) is 0 Å². The van der Waals surface area contributed by atoms with Gasteiger partial charge < -0.3 is 5.32 Å². The van der Waals surface area contributed by atoms with Crippen molar-refractivity contribution in [1.82, 2.24) is 24.9 Å². The van der Waals surface area contributed by atoms with Crippen LogP contribution in [0.5, 0.6) is 0 Å². The van der Waals surface area contributed by atoms with Gasteiger partial charge in [-0.2, -0.15) is 14.6 Å². The highest BCUT2D eigenvalue weighted by atomic mass is 19.3. The van der Waals surface area contributed by atoms with Crippen molar-refractivity contribution in [1.29, 1.82) is 0 Å². The van der Waals surface area contributed by atoms with Crippen LogP contribution >= 0.6 is 0 Å². The number of rotatable bonds is 2. The number of hydrogen-bond acceptors (Lipinski definition) is 4. The smallest absolute Gasteiger partial charge is 0.280 e. The zero-order valence-electron chi connectivity index (χ0n) is 10.9. The van der Waals surface area contributed by atoms with Crippen LogP contribution < -0.4 is 5.32 Å². The molecule has 5 nitrogen and oxygen atoms in total. The maximum atomic E-state index is 15.3. The van der Waals surface area contributed by atoms with Crippen molar-refractivity contribution < 1.29 is 13.2 Å². The second kappa shape index (κ2) is 4.69. The SMILES string of the molecule is C[C@H]1CCNC[C@]1(F)c1cc(C(F)F)nc2ncnn12. The van der Waals surface area contributed by atoms with Gasteiger partial charge in [0, 0.05) is 6.54 Å². The fraction of sp³-hybridized carbons (Fsp3) is 0.583. The van der Waals surface area contributed by atoms with Gasteiger partial charge in [-0.15, -0.1) is 0 Å². The summed E-state index contributed by atoms with van der Waals surface area (Å²) < 4.78 is 42.4. The zero-order chi connectivity index (χ0) is 14.3. The van der Waals surface area contributed by atoms with Crippen LogP contribution in [-0.4, -0.2) is 32.7 Å². The van der Waals surface area contributed by atoms with E-state index in [1.54, 1.807) is 6.92 Å². The molecule has 0 amide bonds. The molecule has 0 bridgehead atoms. The van der Waals surface area contributed by atoms with Crippen LogP contribution in [0.15, 0.2) is 12.4 Å². The molecule has 1 fully saturated rings. The van der Waals surface area contributed by atoms with Crippen LogP contribution in [0.2, 0.25) is 0 Å². The number of hydrogen-bond donors (Lipinski definition) is 1. The van der Waals surface area contributed by atoms with Gasteiger partial charge in [-0.25, -0.2) is 18.2 Å². The molecule has 0 radical (unpaired) electrons.